The second kappa shape index (κ2) is 10.0. The van der Waals surface area contributed by atoms with Crippen LogP contribution in [0.4, 0.5) is 4.39 Å². The van der Waals surface area contributed by atoms with E-state index < -0.39 is 5.92 Å². The number of amides is 1. The normalized spacial score (nSPS) is 17.9. The molecule has 2 aliphatic rings. The van der Waals surface area contributed by atoms with Crippen LogP contribution in [0.2, 0.25) is 0 Å². The van der Waals surface area contributed by atoms with Crippen LogP contribution in [0.3, 0.4) is 0 Å². The first kappa shape index (κ1) is 24.1. The van der Waals surface area contributed by atoms with E-state index in [2.05, 4.69) is 10.5 Å². The molecule has 0 aliphatic heterocycles. The molecule has 2 aromatic rings. The van der Waals surface area contributed by atoms with E-state index in [0.29, 0.717) is 17.3 Å². The minimum Gasteiger partial charge on any atom is -0.494 e. The van der Waals surface area contributed by atoms with Gasteiger partial charge in [0.1, 0.15) is 11.6 Å². The summed E-state index contributed by atoms with van der Waals surface area (Å²) in [6.45, 7) is 4.08. The molecule has 2 N–H and O–H groups in total. The molecule has 0 radical (unpaired) electrons. The van der Waals surface area contributed by atoms with E-state index in [1.54, 1.807) is 36.6 Å². The Morgan fingerprint density at radius 1 is 1.26 bits per heavy atom. The summed E-state index contributed by atoms with van der Waals surface area (Å²) in [7, 11) is 2.95. The molecule has 2 unspecified atom stereocenters. The third-order valence-electron chi connectivity index (χ3n) is 6.37. The number of rotatable bonds is 7. The first-order valence-corrected chi connectivity index (χ1v) is 11.1. The molecular formula is C27H27FN2O5. The SMILES string of the molecule is COC1=CC(=CC2=C(C)C(C(C)C(=O)NCc3ccco3)c3cc(F)ccc32)C=C(OC)C1=NO. The summed E-state index contributed by atoms with van der Waals surface area (Å²) in [6, 6.07) is 8.20. The van der Waals surface area contributed by atoms with Crippen molar-refractivity contribution >= 4 is 17.2 Å². The summed E-state index contributed by atoms with van der Waals surface area (Å²) in [5.41, 5.74) is 4.37. The van der Waals surface area contributed by atoms with Crippen LogP contribution >= 0.6 is 0 Å². The van der Waals surface area contributed by atoms with Gasteiger partial charge in [0.15, 0.2) is 17.2 Å². The molecule has 8 heteroatoms. The van der Waals surface area contributed by atoms with E-state index in [1.165, 1.54) is 26.4 Å². The van der Waals surface area contributed by atoms with Gasteiger partial charge < -0.3 is 24.4 Å². The monoisotopic (exact) mass is 478 g/mol. The van der Waals surface area contributed by atoms with Gasteiger partial charge in [-0.1, -0.05) is 23.7 Å². The first-order valence-electron chi connectivity index (χ1n) is 11.1. The number of hydrogen-bond acceptors (Lipinski definition) is 6. The van der Waals surface area contributed by atoms with Crippen LogP contribution in [0.1, 0.15) is 36.7 Å². The smallest absolute Gasteiger partial charge is 0.224 e. The summed E-state index contributed by atoms with van der Waals surface area (Å²) in [6.07, 6.45) is 6.95. The zero-order valence-electron chi connectivity index (χ0n) is 20.0. The van der Waals surface area contributed by atoms with E-state index >= 15 is 0 Å². The van der Waals surface area contributed by atoms with E-state index in [-0.39, 0.29) is 29.9 Å². The molecule has 0 saturated heterocycles. The fraction of sp³-hybridized carbons (Fsp3) is 0.259. The Bertz CT molecular complexity index is 1260. The minimum absolute atomic E-state index is 0.153. The third kappa shape index (κ3) is 4.64. The van der Waals surface area contributed by atoms with Crippen molar-refractivity contribution in [2.45, 2.75) is 26.3 Å². The predicted octanol–water partition coefficient (Wildman–Crippen LogP) is 5.07. The lowest BCUT2D eigenvalue weighted by Crippen LogP contribution is -2.32. The van der Waals surface area contributed by atoms with Gasteiger partial charge in [0.05, 0.1) is 27.0 Å². The van der Waals surface area contributed by atoms with Crippen LogP contribution in [0.25, 0.3) is 5.57 Å². The Balaban J connectivity index is 1.72. The Morgan fingerprint density at radius 2 is 1.97 bits per heavy atom. The van der Waals surface area contributed by atoms with Gasteiger partial charge in [0.25, 0.3) is 0 Å². The van der Waals surface area contributed by atoms with Crippen molar-refractivity contribution in [2.75, 3.05) is 14.2 Å². The molecule has 1 aromatic heterocycles. The van der Waals surface area contributed by atoms with Crippen LogP contribution in [-0.4, -0.2) is 31.0 Å². The van der Waals surface area contributed by atoms with Gasteiger partial charge >= 0.3 is 0 Å². The topological polar surface area (TPSA) is 93.3 Å². The molecule has 182 valence electrons. The number of ether oxygens (including phenoxy) is 2. The third-order valence-corrected chi connectivity index (χ3v) is 6.37. The van der Waals surface area contributed by atoms with Crippen molar-refractivity contribution < 1.29 is 28.3 Å². The summed E-state index contributed by atoms with van der Waals surface area (Å²) < 4.78 is 30.3. The number of benzene rings is 1. The van der Waals surface area contributed by atoms with Gasteiger partial charge in [-0.2, -0.15) is 0 Å². The fourth-order valence-electron chi connectivity index (χ4n) is 4.65. The molecule has 35 heavy (non-hydrogen) atoms. The number of methoxy groups -OCH3 is 2. The lowest BCUT2D eigenvalue weighted by atomic mass is 9.84. The lowest BCUT2D eigenvalue weighted by molar-refractivity contribution is -0.125. The average Bonchev–Trinajstić information content (AvgIpc) is 3.47. The van der Waals surface area contributed by atoms with E-state index in [0.717, 1.165) is 27.8 Å². The zero-order chi connectivity index (χ0) is 25.1. The number of carbonyl (C=O) groups is 1. The van der Waals surface area contributed by atoms with Gasteiger partial charge in [0.2, 0.25) is 5.91 Å². The molecule has 1 heterocycles. The number of nitrogens with one attached hydrogen (secondary N) is 1. The zero-order valence-corrected chi connectivity index (χ0v) is 20.0. The molecule has 0 fully saturated rings. The standard InChI is InChI=1S/C27H27FN2O5/c1-15-21(10-17-11-23(33-3)26(30-32)24(12-17)34-4)20-8-7-18(28)13-22(20)25(15)16(2)27(31)29-14-19-6-5-9-35-19/h5-13,16,25,32H,14H2,1-4H3,(H,29,31). The van der Waals surface area contributed by atoms with E-state index in [9.17, 15) is 14.4 Å². The quantitative estimate of drug-likeness (QED) is 0.428. The molecule has 1 amide bonds. The number of fused-ring (bicyclic) bond motifs is 1. The van der Waals surface area contributed by atoms with Gasteiger partial charge in [-0.05, 0) is 71.7 Å². The molecule has 1 aromatic carbocycles. The summed E-state index contributed by atoms with van der Waals surface area (Å²) >= 11 is 0. The number of hydrogen-bond donors (Lipinski definition) is 2. The van der Waals surface area contributed by atoms with E-state index in [4.69, 9.17) is 13.9 Å². The predicted molar refractivity (Wildman–Crippen MR) is 129 cm³/mol. The molecule has 2 aliphatic carbocycles. The van der Waals surface area contributed by atoms with E-state index in [1.807, 2.05) is 19.9 Å². The average molecular weight is 479 g/mol. The lowest BCUT2D eigenvalue weighted by Gasteiger charge is -2.22. The van der Waals surface area contributed by atoms with Crippen molar-refractivity contribution in [3.8, 4) is 0 Å². The second-order valence-corrected chi connectivity index (χ2v) is 8.41. The number of halogens is 1. The number of oxime groups is 1. The largest absolute Gasteiger partial charge is 0.494 e. The molecule has 0 bridgehead atoms. The Morgan fingerprint density at radius 3 is 2.57 bits per heavy atom. The number of furan rings is 1. The number of nitrogens with zero attached hydrogens (tertiary/aromatic N) is 1. The van der Waals surface area contributed by atoms with Crippen molar-refractivity contribution in [1.29, 1.82) is 0 Å². The minimum atomic E-state index is -0.448. The highest BCUT2D eigenvalue weighted by molar-refractivity contribution is 6.11. The number of allylic oxidation sites excluding steroid dienone is 6. The van der Waals surface area contributed by atoms with Crippen molar-refractivity contribution in [3.63, 3.8) is 0 Å². The molecule has 4 rings (SSSR count). The Hall–Kier alpha value is -4.07. The van der Waals surface area contributed by atoms with Crippen LogP contribution in [-0.2, 0) is 20.8 Å². The summed E-state index contributed by atoms with van der Waals surface area (Å²) in [5, 5.41) is 15.5. The molecule has 2 atom stereocenters. The van der Waals surface area contributed by atoms with Crippen molar-refractivity contribution in [1.82, 2.24) is 5.32 Å². The Kier molecular flexibility index (Phi) is 6.91. The maximum atomic E-state index is 14.3. The van der Waals surface area contributed by atoms with Crippen LogP contribution < -0.4 is 5.32 Å². The van der Waals surface area contributed by atoms with Crippen molar-refractivity contribution in [3.05, 3.63) is 100 Å². The molecular weight excluding hydrogens is 451 g/mol. The molecule has 7 nitrogen and oxygen atoms in total. The summed E-state index contributed by atoms with van der Waals surface area (Å²) in [4.78, 5) is 13.0. The van der Waals surface area contributed by atoms with Crippen LogP contribution in [0, 0.1) is 11.7 Å². The maximum Gasteiger partial charge on any atom is 0.224 e. The number of carbonyl (C=O) groups excluding carboxylic acids is 1. The highest BCUT2D eigenvalue weighted by Gasteiger charge is 2.35. The Labute approximate surface area is 202 Å². The van der Waals surface area contributed by atoms with Crippen LogP contribution in [0.15, 0.2) is 87.1 Å². The summed E-state index contributed by atoms with van der Waals surface area (Å²) in [5.74, 6) is 0.0790. The highest BCUT2D eigenvalue weighted by atomic mass is 19.1. The maximum absolute atomic E-state index is 14.3. The van der Waals surface area contributed by atoms with Gasteiger partial charge in [-0.3, -0.25) is 4.79 Å². The molecule has 0 spiro atoms. The van der Waals surface area contributed by atoms with Gasteiger partial charge in [0, 0.05) is 11.8 Å². The molecule has 0 saturated carbocycles. The first-order chi connectivity index (χ1) is 16.9. The van der Waals surface area contributed by atoms with Crippen molar-refractivity contribution in [2.24, 2.45) is 11.1 Å². The fourth-order valence-corrected chi connectivity index (χ4v) is 4.65. The second-order valence-electron chi connectivity index (χ2n) is 8.41. The van der Waals surface area contributed by atoms with Gasteiger partial charge in [-0.25, -0.2) is 4.39 Å². The van der Waals surface area contributed by atoms with Gasteiger partial charge in [-0.15, -0.1) is 0 Å². The van der Waals surface area contributed by atoms with Crippen LogP contribution in [0.5, 0.6) is 0 Å². The highest BCUT2D eigenvalue weighted by Crippen LogP contribution is 2.47.